The molecule has 1 amide bonds. The van der Waals surface area contributed by atoms with Gasteiger partial charge in [0, 0.05) is 18.7 Å². The van der Waals surface area contributed by atoms with E-state index in [4.69, 9.17) is 0 Å². The van der Waals surface area contributed by atoms with Crippen molar-refractivity contribution in [3.8, 4) is 0 Å². The molecule has 9 heteroatoms. The van der Waals surface area contributed by atoms with Crippen LogP contribution in [0.15, 0.2) is 42.5 Å². The van der Waals surface area contributed by atoms with Crippen LogP contribution in [0.25, 0.3) is 0 Å². The molecule has 29 heavy (non-hydrogen) atoms. The lowest BCUT2D eigenvalue weighted by molar-refractivity contribution is -0.384. The summed E-state index contributed by atoms with van der Waals surface area (Å²) in [7, 11) is -3.88. The molecule has 0 spiro atoms. The van der Waals surface area contributed by atoms with E-state index in [2.05, 4.69) is 5.32 Å². The van der Waals surface area contributed by atoms with Crippen LogP contribution in [0.2, 0.25) is 0 Å². The van der Waals surface area contributed by atoms with Crippen molar-refractivity contribution in [1.82, 2.24) is 5.32 Å². The summed E-state index contributed by atoms with van der Waals surface area (Å²) in [5.74, 6) is -0.467. The molecule has 0 fully saturated rings. The van der Waals surface area contributed by atoms with Gasteiger partial charge in [-0.2, -0.15) is 0 Å². The molecule has 0 radical (unpaired) electrons. The van der Waals surface area contributed by atoms with E-state index in [9.17, 15) is 23.3 Å². The monoisotopic (exact) mass is 419 g/mol. The van der Waals surface area contributed by atoms with Gasteiger partial charge in [0.05, 0.1) is 16.9 Å². The van der Waals surface area contributed by atoms with E-state index in [0.717, 1.165) is 21.7 Å². The minimum atomic E-state index is -3.88. The van der Waals surface area contributed by atoms with Gasteiger partial charge in [0.15, 0.2) is 0 Å². The molecule has 8 nitrogen and oxygen atoms in total. The first kappa shape index (κ1) is 22.4. The summed E-state index contributed by atoms with van der Waals surface area (Å²) in [5, 5.41) is 13.9. The predicted molar refractivity (Wildman–Crippen MR) is 112 cm³/mol. The quantitative estimate of drug-likeness (QED) is 0.522. The number of carbonyl (C=O) groups excluding carboxylic acids is 1. The van der Waals surface area contributed by atoms with E-state index in [1.54, 1.807) is 13.8 Å². The standard InChI is InChI=1S/C20H25N3O5S/c1-5-18(20(24)21-13-16-8-6-7-14(2)11-16)22(29(4,27)28)19-12-17(23(25)26)10-9-15(19)3/h6-12,18H,5,13H2,1-4H3,(H,21,24). The lowest BCUT2D eigenvalue weighted by Gasteiger charge is -2.31. The lowest BCUT2D eigenvalue weighted by atomic mass is 10.1. The predicted octanol–water partition coefficient (Wildman–Crippen LogP) is 3.07. The second kappa shape index (κ2) is 9.04. The number of benzene rings is 2. The molecule has 0 saturated carbocycles. The van der Waals surface area contributed by atoms with E-state index in [1.807, 2.05) is 31.2 Å². The maximum Gasteiger partial charge on any atom is 0.271 e. The number of nitro groups is 1. The van der Waals surface area contributed by atoms with Crippen molar-refractivity contribution in [2.45, 2.75) is 39.8 Å². The second-order valence-corrected chi connectivity index (χ2v) is 8.78. The molecule has 2 aromatic carbocycles. The first-order valence-electron chi connectivity index (χ1n) is 9.12. The second-order valence-electron chi connectivity index (χ2n) is 6.92. The Hall–Kier alpha value is -2.94. The van der Waals surface area contributed by atoms with Crippen molar-refractivity contribution in [3.63, 3.8) is 0 Å². The fourth-order valence-corrected chi connectivity index (χ4v) is 4.37. The van der Waals surface area contributed by atoms with Crippen LogP contribution < -0.4 is 9.62 Å². The SMILES string of the molecule is CCC(C(=O)NCc1cccc(C)c1)N(c1cc([N+](=O)[O-])ccc1C)S(C)(=O)=O. The van der Waals surface area contributed by atoms with Crippen molar-refractivity contribution in [3.05, 3.63) is 69.3 Å². The van der Waals surface area contributed by atoms with E-state index < -0.39 is 26.9 Å². The molecule has 0 bridgehead atoms. The minimum absolute atomic E-state index is 0.124. The van der Waals surface area contributed by atoms with E-state index in [1.165, 1.54) is 18.2 Å². The van der Waals surface area contributed by atoms with Gasteiger partial charge in [-0.25, -0.2) is 8.42 Å². The van der Waals surface area contributed by atoms with Crippen molar-refractivity contribution in [1.29, 1.82) is 0 Å². The Kier molecular flexibility index (Phi) is 6.97. The highest BCUT2D eigenvalue weighted by molar-refractivity contribution is 7.92. The number of sulfonamides is 1. The molecule has 0 aliphatic rings. The highest BCUT2D eigenvalue weighted by Gasteiger charge is 2.33. The molecule has 0 aromatic heterocycles. The van der Waals surface area contributed by atoms with E-state index >= 15 is 0 Å². The van der Waals surface area contributed by atoms with Gasteiger partial charge in [-0.1, -0.05) is 42.8 Å². The molecule has 156 valence electrons. The largest absolute Gasteiger partial charge is 0.350 e. The number of nitrogens with one attached hydrogen (secondary N) is 1. The van der Waals surface area contributed by atoms with Crippen LogP contribution in [-0.4, -0.2) is 31.5 Å². The third kappa shape index (κ3) is 5.54. The van der Waals surface area contributed by atoms with Gasteiger partial charge in [0.2, 0.25) is 15.9 Å². The van der Waals surface area contributed by atoms with Crippen LogP contribution in [0.1, 0.15) is 30.0 Å². The number of hydrogen-bond acceptors (Lipinski definition) is 5. The number of amides is 1. The minimum Gasteiger partial charge on any atom is -0.350 e. The van der Waals surface area contributed by atoms with Crippen molar-refractivity contribution in [2.75, 3.05) is 10.6 Å². The highest BCUT2D eigenvalue weighted by Crippen LogP contribution is 2.30. The molecule has 0 aliphatic carbocycles. The highest BCUT2D eigenvalue weighted by atomic mass is 32.2. The molecule has 0 saturated heterocycles. The van der Waals surface area contributed by atoms with Crippen molar-refractivity contribution < 1.29 is 18.1 Å². The maximum atomic E-state index is 12.9. The van der Waals surface area contributed by atoms with Gasteiger partial charge in [-0.05, 0) is 31.4 Å². The summed E-state index contributed by atoms with van der Waals surface area (Å²) in [5.41, 5.74) is 2.35. The third-order valence-electron chi connectivity index (χ3n) is 4.52. The van der Waals surface area contributed by atoms with Crippen LogP contribution in [0.3, 0.4) is 0 Å². The Morgan fingerprint density at radius 1 is 1.21 bits per heavy atom. The topological polar surface area (TPSA) is 110 Å². The summed E-state index contributed by atoms with van der Waals surface area (Å²) in [6, 6.07) is 10.6. The maximum absolute atomic E-state index is 12.9. The third-order valence-corrected chi connectivity index (χ3v) is 5.69. The first-order valence-corrected chi connectivity index (χ1v) is 11.0. The molecule has 1 atom stereocenters. The average molecular weight is 420 g/mol. The first-order chi connectivity index (χ1) is 13.5. The Labute approximate surface area is 170 Å². The zero-order valence-corrected chi connectivity index (χ0v) is 17.7. The summed E-state index contributed by atoms with van der Waals surface area (Å²) in [6.07, 6.45) is 1.19. The Morgan fingerprint density at radius 3 is 2.45 bits per heavy atom. The molecular formula is C20H25N3O5S. The Bertz CT molecular complexity index is 1020. The Balaban J connectivity index is 2.38. The van der Waals surface area contributed by atoms with Crippen LogP contribution in [0, 0.1) is 24.0 Å². The number of anilines is 1. The van der Waals surface area contributed by atoms with Crippen LogP contribution in [-0.2, 0) is 21.4 Å². The number of non-ortho nitro benzene ring substituents is 1. The fraction of sp³-hybridized carbons (Fsp3) is 0.350. The van der Waals surface area contributed by atoms with Crippen LogP contribution in [0.5, 0.6) is 0 Å². The summed E-state index contributed by atoms with van der Waals surface area (Å²) in [6.45, 7) is 5.54. The molecule has 1 unspecified atom stereocenters. The van der Waals surface area contributed by atoms with E-state index in [0.29, 0.717) is 5.56 Å². The van der Waals surface area contributed by atoms with Gasteiger partial charge >= 0.3 is 0 Å². The van der Waals surface area contributed by atoms with Gasteiger partial charge in [0.1, 0.15) is 6.04 Å². The lowest BCUT2D eigenvalue weighted by Crippen LogP contribution is -2.49. The van der Waals surface area contributed by atoms with Crippen LogP contribution in [0.4, 0.5) is 11.4 Å². The fourth-order valence-electron chi connectivity index (χ4n) is 3.11. The molecule has 1 N–H and O–H groups in total. The number of hydrogen-bond donors (Lipinski definition) is 1. The summed E-state index contributed by atoms with van der Waals surface area (Å²) < 4.78 is 26.1. The summed E-state index contributed by atoms with van der Waals surface area (Å²) >= 11 is 0. The zero-order chi connectivity index (χ0) is 21.8. The number of rotatable bonds is 8. The summed E-state index contributed by atoms with van der Waals surface area (Å²) in [4.78, 5) is 23.4. The zero-order valence-electron chi connectivity index (χ0n) is 16.9. The smallest absolute Gasteiger partial charge is 0.271 e. The molecule has 2 aromatic rings. The van der Waals surface area contributed by atoms with Crippen LogP contribution >= 0.6 is 0 Å². The Morgan fingerprint density at radius 2 is 1.90 bits per heavy atom. The van der Waals surface area contributed by atoms with Gasteiger partial charge in [-0.15, -0.1) is 0 Å². The number of nitro benzene ring substituents is 1. The molecule has 2 rings (SSSR count). The van der Waals surface area contributed by atoms with Gasteiger partial charge in [0.25, 0.3) is 5.69 Å². The van der Waals surface area contributed by atoms with Gasteiger partial charge < -0.3 is 5.32 Å². The molecule has 0 heterocycles. The number of nitrogens with zero attached hydrogens (tertiary/aromatic N) is 2. The van der Waals surface area contributed by atoms with Crippen molar-refractivity contribution >= 4 is 27.3 Å². The van der Waals surface area contributed by atoms with E-state index in [-0.39, 0.29) is 24.3 Å². The number of aryl methyl sites for hydroxylation is 2. The average Bonchev–Trinajstić information content (AvgIpc) is 2.64. The molecular weight excluding hydrogens is 394 g/mol. The van der Waals surface area contributed by atoms with Gasteiger partial charge in [-0.3, -0.25) is 19.2 Å². The van der Waals surface area contributed by atoms with Crippen molar-refractivity contribution in [2.24, 2.45) is 0 Å². The molecule has 0 aliphatic heterocycles. The normalized spacial score (nSPS) is 12.3. The number of carbonyl (C=O) groups is 1.